The number of nitrogens with one attached hydrogen (secondary N) is 1. The van der Waals surface area contributed by atoms with Gasteiger partial charge in [0.25, 0.3) is 10.0 Å². The lowest BCUT2D eigenvalue weighted by Crippen LogP contribution is -2.14. The van der Waals surface area contributed by atoms with E-state index in [1.54, 1.807) is 12.1 Å². The van der Waals surface area contributed by atoms with Gasteiger partial charge in [-0.2, -0.15) is 0 Å². The van der Waals surface area contributed by atoms with Crippen LogP contribution >= 0.6 is 15.9 Å². The molecule has 0 aliphatic rings. The van der Waals surface area contributed by atoms with Crippen LogP contribution in [-0.2, 0) is 10.0 Å². The molecule has 0 saturated heterocycles. The molecule has 0 atom stereocenters. The molecule has 100 valence electrons. The summed E-state index contributed by atoms with van der Waals surface area (Å²) >= 11 is 3.34. The average molecular weight is 343 g/mol. The summed E-state index contributed by atoms with van der Waals surface area (Å²) in [6.07, 6.45) is 2.32. The highest BCUT2D eigenvalue weighted by Crippen LogP contribution is 2.27. The third-order valence-corrected chi connectivity index (χ3v) is 4.77. The second-order valence-corrected chi connectivity index (χ2v) is 6.29. The van der Waals surface area contributed by atoms with Gasteiger partial charge in [-0.1, -0.05) is 12.1 Å². The molecular formula is C11H11BrN4O2S. The summed E-state index contributed by atoms with van der Waals surface area (Å²) in [5, 5.41) is 0. The monoisotopic (exact) mass is 342 g/mol. The number of sulfonamides is 1. The second kappa shape index (κ2) is 5.14. The second-order valence-electron chi connectivity index (χ2n) is 3.82. The van der Waals surface area contributed by atoms with Crippen LogP contribution in [0.3, 0.4) is 0 Å². The van der Waals surface area contributed by atoms with E-state index in [2.05, 4.69) is 30.6 Å². The molecule has 3 N–H and O–H groups in total. The van der Waals surface area contributed by atoms with E-state index in [4.69, 9.17) is 5.73 Å². The van der Waals surface area contributed by atoms with Crippen molar-refractivity contribution in [2.24, 2.45) is 0 Å². The summed E-state index contributed by atoms with van der Waals surface area (Å²) in [6, 6.07) is 5.29. The fraction of sp³-hybridized carbons (Fsp3) is 0.0909. The number of aryl methyl sites for hydroxylation is 1. The molecule has 0 aliphatic carbocycles. The molecule has 8 heteroatoms. The first-order chi connectivity index (χ1) is 8.90. The summed E-state index contributed by atoms with van der Waals surface area (Å²) in [6.45, 7) is 1.87. The Morgan fingerprint density at radius 2 is 1.89 bits per heavy atom. The third kappa shape index (κ3) is 3.02. The van der Waals surface area contributed by atoms with Gasteiger partial charge in [-0.05, 0) is 34.5 Å². The van der Waals surface area contributed by atoms with Crippen molar-refractivity contribution in [2.75, 3.05) is 10.5 Å². The molecule has 1 heterocycles. The average Bonchev–Trinajstić information content (AvgIpc) is 2.35. The summed E-state index contributed by atoms with van der Waals surface area (Å²) in [7, 11) is -3.73. The first-order valence-electron chi connectivity index (χ1n) is 5.25. The summed E-state index contributed by atoms with van der Waals surface area (Å²) < 4.78 is 27.4. The van der Waals surface area contributed by atoms with Gasteiger partial charge < -0.3 is 5.73 Å². The predicted octanol–water partition coefficient (Wildman–Crippen LogP) is 1.93. The third-order valence-electron chi connectivity index (χ3n) is 2.39. The predicted molar refractivity (Wildman–Crippen MR) is 76.1 cm³/mol. The Morgan fingerprint density at radius 3 is 2.53 bits per heavy atom. The fourth-order valence-electron chi connectivity index (χ4n) is 1.39. The van der Waals surface area contributed by atoms with Crippen LogP contribution in [0.2, 0.25) is 0 Å². The van der Waals surface area contributed by atoms with Gasteiger partial charge in [-0.3, -0.25) is 4.72 Å². The van der Waals surface area contributed by atoms with Gasteiger partial charge in [-0.25, -0.2) is 18.4 Å². The van der Waals surface area contributed by atoms with E-state index in [0.717, 1.165) is 18.0 Å². The molecule has 0 bridgehead atoms. The molecule has 0 aliphatic heterocycles. The Bertz CT molecular complexity index is 701. The zero-order valence-electron chi connectivity index (χ0n) is 9.96. The molecule has 19 heavy (non-hydrogen) atoms. The molecule has 1 aromatic carbocycles. The highest BCUT2D eigenvalue weighted by Gasteiger charge is 2.17. The normalized spacial score (nSPS) is 11.3. The van der Waals surface area contributed by atoms with Crippen LogP contribution in [0.4, 0.5) is 11.6 Å². The SMILES string of the molecule is Cc1cccc(NS(=O)(=O)c2cnc(N)nc2)c1Br. The number of aromatic nitrogens is 2. The van der Waals surface area contributed by atoms with Gasteiger partial charge in [0.1, 0.15) is 4.90 Å². The van der Waals surface area contributed by atoms with E-state index in [9.17, 15) is 8.42 Å². The number of nitrogen functional groups attached to an aromatic ring is 1. The van der Waals surface area contributed by atoms with Crippen molar-refractivity contribution < 1.29 is 8.42 Å². The number of anilines is 2. The van der Waals surface area contributed by atoms with Gasteiger partial charge in [0.15, 0.2) is 0 Å². The first-order valence-corrected chi connectivity index (χ1v) is 7.53. The minimum absolute atomic E-state index is 0.0238. The lowest BCUT2D eigenvalue weighted by molar-refractivity contribution is 0.600. The molecule has 0 spiro atoms. The number of nitrogens with zero attached hydrogens (tertiary/aromatic N) is 2. The van der Waals surface area contributed by atoms with Gasteiger partial charge in [0.05, 0.1) is 18.1 Å². The van der Waals surface area contributed by atoms with Crippen molar-refractivity contribution in [2.45, 2.75) is 11.8 Å². The van der Waals surface area contributed by atoms with E-state index in [1.807, 2.05) is 13.0 Å². The van der Waals surface area contributed by atoms with Crippen LogP contribution < -0.4 is 10.5 Å². The van der Waals surface area contributed by atoms with E-state index in [0.29, 0.717) is 10.2 Å². The number of hydrogen-bond acceptors (Lipinski definition) is 5. The van der Waals surface area contributed by atoms with Crippen LogP contribution in [0.15, 0.2) is 40.0 Å². The Labute approximate surface area is 119 Å². The minimum atomic E-state index is -3.73. The van der Waals surface area contributed by atoms with Crippen molar-refractivity contribution in [3.8, 4) is 0 Å². The number of rotatable bonds is 3. The lowest BCUT2D eigenvalue weighted by atomic mass is 10.2. The van der Waals surface area contributed by atoms with Crippen molar-refractivity contribution >= 4 is 37.6 Å². The topological polar surface area (TPSA) is 98.0 Å². The molecule has 0 radical (unpaired) electrons. The maximum atomic E-state index is 12.1. The molecule has 6 nitrogen and oxygen atoms in total. The van der Waals surface area contributed by atoms with E-state index in [1.165, 1.54) is 0 Å². The van der Waals surface area contributed by atoms with Crippen LogP contribution in [0.1, 0.15) is 5.56 Å². The highest BCUT2D eigenvalue weighted by atomic mass is 79.9. The van der Waals surface area contributed by atoms with Gasteiger partial charge in [0.2, 0.25) is 5.95 Å². The van der Waals surface area contributed by atoms with Crippen molar-refractivity contribution in [3.05, 3.63) is 40.6 Å². The molecular weight excluding hydrogens is 332 g/mol. The molecule has 1 aromatic heterocycles. The van der Waals surface area contributed by atoms with Gasteiger partial charge >= 0.3 is 0 Å². The van der Waals surface area contributed by atoms with Crippen molar-refractivity contribution in [1.29, 1.82) is 0 Å². The molecule has 0 saturated carbocycles. The van der Waals surface area contributed by atoms with Crippen LogP contribution in [0.25, 0.3) is 0 Å². The summed E-state index contributed by atoms with van der Waals surface area (Å²) in [4.78, 5) is 7.28. The highest BCUT2D eigenvalue weighted by molar-refractivity contribution is 9.10. The van der Waals surface area contributed by atoms with Crippen molar-refractivity contribution in [1.82, 2.24) is 9.97 Å². The Balaban J connectivity index is 2.36. The molecule has 0 unspecified atom stereocenters. The molecule has 0 fully saturated rings. The minimum Gasteiger partial charge on any atom is -0.368 e. The van der Waals surface area contributed by atoms with Crippen molar-refractivity contribution in [3.63, 3.8) is 0 Å². The maximum absolute atomic E-state index is 12.1. The molecule has 0 amide bonds. The smallest absolute Gasteiger partial charge is 0.265 e. The number of hydrogen-bond donors (Lipinski definition) is 2. The fourth-order valence-corrected chi connectivity index (χ4v) is 2.85. The zero-order chi connectivity index (χ0) is 14.0. The van der Waals surface area contributed by atoms with E-state index in [-0.39, 0.29) is 10.8 Å². The molecule has 2 rings (SSSR count). The largest absolute Gasteiger partial charge is 0.368 e. The first kappa shape index (κ1) is 13.8. The lowest BCUT2D eigenvalue weighted by Gasteiger charge is -2.10. The number of halogens is 1. The van der Waals surface area contributed by atoms with Crippen LogP contribution in [-0.4, -0.2) is 18.4 Å². The number of benzene rings is 1. The standard InChI is InChI=1S/C11H11BrN4O2S/c1-7-3-2-4-9(10(7)12)16-19(17,18)8-5-14-11(13)15-6-8/h2-6,16H,1H3,(H2,13,14,15). The number of nitrogens with two attached hydrogens (primary N) is 1. The van der Waals surface area contributed by atoms with Crippen LogP contribution in [0.5, 0.6) is 0 Å². The molecule has 2 aromatic rings. The zero-order valence-corrected chi connectivity index (χ0v) is 12.4. The Morgan fingerprint density at radius 1 is 1.26 bits per heavy atom. The Hall–Kier alpha value is -1.67. The van der Waals surface area contributed by atoms with Gasteiger partial charge in [-0.15, -0.1) is 0 Å². The van der Waals surface area contributed by atoms with Gasteiger partial charge in [0, 0.05) is 4.47 Å². The van der Waals surface area contributed by atoms with E-state index < -0.39 is 10.0 Å². The Kier molecular flexibility index (Phi) is 3.72. The van der Waals surface area contributed by atoms with Crippen LogP contribution in [0, 0.1) is 6.92 Å². The summed E-state index contributed by atoms with van der Waals surface area (Å²) in [5.74, 6) is 0.0238. The summed E-state index contributed by atoms with van der Waals surface area (Å²) in [5.41, 5.74) is 6.70. The van der Waals surface area contributed by atoms with E-state index >= 15 is 0 Å². The quantitative estimate of drug-likeness (QED) is 0.887. The maximum Gasteiger partial charge on any atom is 0.265 e.